The van der Waals surface area contributed by atoms with Crippen molar-refractivity contribution in [3.05, 3.63) is 51.2 Å². The van der Waals surface area contributed by atoms with Crippen LogP contribution in [-0.2, 0) is 24.3 Å². The Morgan fingerprint density at radius 3 is 2.81 bits per heavy atom. The number of fused-ring (bicyclic) bond motifs is 1. The number of carbonyl (C=O) groups excluding carboxylic acids is 1. The van der Waals surface area contributed by atoms with Crippen LogP contribution in [0.15, 0.2) is 23.0 Å². The second kappa shape index (κ2) is 8.11. The summed E-state index contributed by atoms with van der Waals surface area (Å²) in [5.74, 6) is 0.980. The monoisotopic (exact) mass is 370 g/mol. The van der Waals surface area contributed by atoms with Crippen LogP contribution in [0, 0.1) is 19.8 Å². The zero-order chi connectivity index (χ0) is 19.6. The molecule has 1 N–H and O–H groups in total. The van der Waals surface area contributed by atoms with Crippen molar-refractivity contribution in [1.82, 2.24) is 19.7 Å². The number of rotatable bonds is 5. The first-order chi connectivity index (χ1) is 12.9. The summed E-state index contributed by atoms with van der Waals surface area (Å²) in [5, 5.41) is 7.56. The average molecular weight is 370 g/mol. The van der Waals surface area contributed by atoms with E-state index in [0.717, 1.165) is 36.2 Å². The van der Waals surface area contributed by atoms with E-state index in [2.05, 4.69) is 42.5 Å². The van der Waals surface area contributed by atoms with Crippen molar-refractivity contribution in [3.8, 4) is 0 Å². The molecule has 0 saturated carbocycles. The molecule has 27 heavy (non-hydrogen) atoms. The highest BCUT2D eigenvalue weighted by Gasteiger charge is 2.29. The van der Waals surface area contributed by atoms with Gasteiger partial charge in [-0.3, -0.25) is 9.36 Å². The standard InChI is InChI=1S/C21H30N4O2/c1-14(2)13-24-21(27)25-18(7-5-6-8-19(25)23-24)20(26)22-12-17-11-15(3)9-10-16(17)4/h9-11,14,18H,5-8,12-13H2,1-4H3,(H,22,26). The van der Waals surface area contributed by atoms with Gasteiger partial charge in [-0.2, -0.15) is 5.10 Å². The number of amides is 1. The molecule has 2 aromatic rings. The number of hydrogen-bond donors (Lipinski definition) is 1. The lowest BCUT2D eigenvalue weighted by atomic mass is 10.1. The van der Waals surface area contributed by atoms with Crippen molar-refractivity contribution in [2.24, 2.45) is 5.92 Å². The summed E-state index contributed by atoms with van der Waals surface area (Å²) in [5.41, 5.74) is 3.28. The van der Waals surface area contributed by atoms with E-state index in [1.807, 2.05) is 13.8 Å². The first-order valence-electron chi connectivity index (χ1n) is 9.89. The zero-order valence-electron chi connectivity index (χ0n) is 16.8. The maximum Gasteiger partial charge on any atom is 0.346 e. The van der Waals surface area contributed by atoms with Gasteiger partial charge in [0.1, 0.15) is 11.9 Å². The minimum Gasteiger partial charge on any atom is -0.350 e. The van der Waals surface area contributed by atoms with Crippen LogP contribution in [0.3, 0.4) is 0 Å². The van der Waals surface area contributed by atoms with Crippen LogP contribution in [0.25, 0.3) is 0 Å². The van der Waals surface area contributed by atoms with E-state index in [0.29, 0.717) is 25.4 Å². The number of nitrogens with one attached hydrogen (secondary N) is 1. The number of hydrogen-bond acceptors (Lipinski definition) is 3. The Hall–Kier alpha value is -2.37. The summed E-state index contributed by atoms with van der Waals surface area (Å²) in [6, 6.07) is 5.77. The second-order valence-corrected chi connectivity index (χ2v) is 8.05. The molecule has 0 radical (unpaired) electrons. The highest BCUT2D eigenvalue weighted by molar-refractivity contribution is 5.80. The topological polar surface area (TPSA) is 68.9 Å². The van der Waals surface area contributed by atoms with Crippen molar-refractivity contribution in [1.29, 1.82) is 0 Å². The van der Waals surface area contributed by atoms with Gasteiger partial charge < -0.3 is 5.32 Å². The first-order valence-corrected chi connectivity index (χ1v) is 9.89. The van der Waals surface area contributed by atoms with E-state index in [4.69, 9.17) is 0 Å². The van der Waals surface area contributed by atoms with Gasteiger partial charge in [-0.05, 0) is 43.7 Å². The van der Waals surface area contributed by atoms with Crippen LogP contribution < -0.4 is 11.0 Å². The highest BCUT2D eigenvalue weighted by Crippen LogP contribution is 2.22. The average Bonchev–Trinajstić information content (AvgIpc) is 2.79. The molecule has 1 aromatic carbocycles. The Balaban J connectivity index is 1.82. The quantitative estimate of drug-likeness (QED) is 0.880. The minimum absolute atomic E-state index is 0.0924. The number of aryl methyl sites for hydroxylation is 3. The largest absolute Gasteiger partial charge is 0.350 e. The molecule has 1 aromatic heterocycles. The molecule has 1 unspecified atom stereocenters. The van der Waals surface area contributed by atoms with Gasteiger partial charge in [0.2, 0.25) is 5.91 Å². The normalized spacial score (nSPS) is 16.9. The van der Waals surface area contributed by atoms with Gasteiger partial charge >= 0.3 is 5.69 Å². The van der Waals surface area contributed by atoms with Gasteiger partial charge in [-0.15, -0.1) is 0 Å². The second-order valence-electron chi connectivity index (χ2n) is 8.05. The molecule has 2 heterocycles. The number of aromatic nitrogens is 3. The predicted octanol–water partition coefficient (Wildman–Crippen LogP) is 2.90. The lowest BCUT2D eigenvalue weighted by molar-refractivity contribution is -0.124. The van der Waals surface area contributed by atoms with Crippen molar-refractivity contribution in [2.45, 2.75) is 72.5 Å². The Morgan fingerprint density at radius 1 is 1.30 bits per heavy atom. The summed E-state index contributed by atoms with van der Waals surface area (Å²) in [4.78, 5) is 25.8. The van der Waals surface area contributed by atoms with Crippen molar-refractivity contribution in [2.75, 3.05) is 0 Å². The third-order valence-electron chi connectivity index (χ3n) is 5.18. The number of benzene rings is 1. The molecule has 6 nitrogen and oxygen atoms in total. The smallest absolute Gasteiger partial charge is 0.346 e. The molecule has 1 aliphatic rings. The van der Waals surface area contributed by atoms with Gasteiger partial charge in [0, 0.05) is 19.5 Å². The van der Waals surface area contributed by atoms with E-state index in [-0.39, 0.29) is 11.6 Å². The fourth-order valence-electron chi connectivity index (χ4n) is 3.70. The van der Waals surface area contributed by atoms with Crippen LogP contribution in [-0.4, -0.2) is 20.3 Å². The van der Waals surface area contributed by atoms with Gasteiger partial charge in [-0.25, -0.2) is 9.48 Å². The molecule has 1 amide bonds. The Morgan fingerprint density at radius 2 is 2.07 bits per heavy atom. The van der Waals surface area contributed by atoms with E-state index in [9.17, 15) is 9.59 Å². The van der Waals surface area contributed by atoms with E-state index in [1.165, 1.54) is 10.2 Å². The van der Waals surface area contributed by atoms with Gasteiger partial charge in [0.25, 0.3) is 0 Å². The van der Waals surface area contributed by atoms with Crippen molar-refractivity contribution in [3.63, 3.8) is 0 Å². The molecule has 1 atom stereocenters. The van der Waals surface area contributed by atoms with Crippen LogP contribution >= 0.6 is 0 Å². The molecule has 0 saturated heterocycles. The predicted molar refractivity (Wildman–Crippen MR) is 106 cm³/mol. The maximum atomic E-state index is 13.0. The van der Waals surface area contributed by atoms with Crippen LogP contribution in [0.1, 0.15) is 61.7 Å². The SMILES string of the molecule is Cc1ccc(C)c(CNC(=O)C2CCCCc3nn(CC(C)C)c(=O)n32)c1. The third-order valence-corrected chi connectivity index (χ3v) is 5.18. The first kappa shape index (κ1) is 19.4. The molecule has 0 bridgehead atoms. The van der Waals surface area contributed by atoms with Crippen LogP contribution in [0.5, 0.6) is 0 Å². The zero-order valence-corrected chi connectivity index (χ0v) is 16.8. The third kappa shape index (κ3) is 4.31. The van der Waals surface area contributed by atoms with E-state index >= 15 is 0 Å². The molecular weight excluding hydrogens is 340 g/mol. The van der Waals surface area contributed by atoms with Crippen LogP contribution in [0.2, 0.25) is 0 Å². The number of carbonyl (C=O) groups is 1. The summed E-state index contributed by atoms with van der Waals surface area (Å²) in [6.45, 7) is 9.27. The molecule has 0 aliphatic carbocycles. The molecule has 3 rings (SSSR count). The van der Waals surface area contributed by atoms with E-state index in [1.54, 1.807) is 4.57 Å². The summed E-state index contributed by atoms with van der Waals surface area (Å²) >= 11 is 0. The van der Waals surface area contributed by atoms with Gasteiger partial charge in [-0.1, -0.05) is 44.0 Å². The summed E-state index contributed by atoms with van der Waals surface area (Å²) < 4.78 is 3.16. The van der Waals surface area contributed by atoms with Crippen molar-refractivity contribution < 1.29 is 4.79 Å². The summed E-state index contributed by atoms with van der Waals surface area (Å²) in [6.07, 6.45) is 3.31. The molecule has 0 fully saturated rings. The van der Waals surface area contributed by atoms with Crippen molar-refractivity contribution >= 4 is 5.91 Å². The Kier molecular flexibility index (Phi) is 5.82. The molecule has 6 heteroatoms. The fraction of sp³-hybridized carbons (Fsp3) is 0.571. The van der Waals surface area contributed by atoms with Gasteiger partial charge in [0.05, 0.1) is 0 Å². The lowest BCUT2D eigenvalue weighted by Crippen LogP contribution is -2.38. The molecular formula is C21H30N4O2. The fourth-order valence-corrected chi connectivity index (χ4v) is 3.70. The highest BCUT2D eigenvalue weighted by atomic mass is 16.2. The Bertz CT molecular complexity index is 879. The van der Waals surface area contributed by atoms with Crippen LogP contribution in [0.4, 0.5) is 0 Å². The molecule has 1 aliphatic heterocycles. The summed E-state index contributed by atoms with van der Waals surface area (Å²) in [7, 11) is 0. The maximum absolute atomic E-state index is 13.0. The molecule has 146 valence electrons. The minimum atomic E-state index is -0.471. The Labute approximate surface area is 160 Å². The lowest BCUT2D eigenvalue weighted by Gasteiger charge is -2.17. The van der Waals surface area contributed by atoms with Gasteiger partial charge in [0.15, 0.2) is 0 Å². The number of nitrogens with zero attached hydrogens (tertiary/aromatic N) is 3. The van der Waals surface area contributed by atoms with E-state index < -0.39 is 6.04 Å². The molecule has 0 spiro atoms.